The topological polar surface area (TPSA) is 45.7 Å². The molecule has 3 rings (SSSR count). The molecule has 0 atom stereocenters. The molecule has 25 heavy (non-hydrogen) atoms. The molecule has 0 unspecified atom stereocenters. The molecule has 2 heterocycles. The molecule has 1 aromatic carbocycles. The monoisotopic (exact) mass is 371 g/mol. The highest BCUT2D eigenvalue weighted by molar-refractivity contribution is 7.13. The van der Waals surface area contributed by atoms with E-state index < -0.39 is 11.9 Å². The molecule has 134 valence electrons. The first-order valence-corrected chi connectivity index (χ1v) is 8.43. The van der Waals surface area contributed by atoms with Crippen LogP contribution in [0.25, 0.3) is 0 Å². The highest BCUT2D eigenvalue weighted by Crippen LogP contribution is 2.33. The van der Waals surface area contributed by atoms with Crippen LogP contribution in [0.3, 0.4) is 0 Å². The number of aromatic nitrogens is 1. The van der Waals surface area contributed by atoms with E-state index in [2.05, 4.69) is 4.98 Å². The number of methoxy groups -OCH3 is 1. The summed E-state index contributed by atoms with van der Waals surface area (Å²) in [4.78, 5) is 19.2. The number of halogens is 3. The lowest BCUT2D eigenvalue weighted by atomic mass is 10.2. The third-order valence-corrected chi connectivity index (χ3v) is 4.78. The van der Waals surface area contributed by atoms with Gasteiger partial charge in [-0.05, 0) is 17.7 Å². The molecule has 5 nitrogen and oxygen atoms in total. The Balaban J connectivity index is 1.64. The normalized spacial score (nSPS) is 15.6. The molecule has 9 heteroatoms. The number of hydrogen-bond donors (Lipinski definition) is 0. The van der Waals surface area contributed by atoms with Gasteiger partial charge in [0.15, 0.2) is 10.8 Å². The molecule has 1 aliphatic heterocycles. The molecule has 1 fully saturated rings. The second-order valence-corrected chi connectivity index (χ2v) is 6.44. The number of carbonyl (C=O) groups is 1. The van der Waals surface area contributed by atoms with Gasteiger partial charge < -0.3 is 14.5 Å². The van der Waals surface area contributed by atoms with Gasteiger partial charge in [0, 0.05) is 25.0 Å². The summed E-state index contributed by atoms with van der Waals surface area (Å²) in [5.74, 6) is 0.573. The quantitative estimate of drug-likeness (QED) is 0.829. The lowest BCUT2D eigenvalue weighted by Crippen LogP contribution is -2.50. The van der Waals surface area contributed by atoms with Crippen LogP contribution < -0.4 is 9.64 Å². The maximum absolute atomic E-state index is 12.7. The van der Waals surface area contributed by atoms with Gasteiger partial charge in [0.05, 0.1) is 13.7 Å². The minimum atomic E-state index is -4.47. The Hall–Kier alpha value is -2.29. The lowest BCUT2D eigenvalue weighted by molar-refractivity contribution is -0.140. The zero-order valence-electron chi connectivity index (χ0n) is 13.4. The lowest BCUT2D eigenvalue weighted by Gasteiger charge is -2.34. The summed E-state index contributed by atoms with van der Waals surface area (Å²) >= 11 is 0.903. The number of rotatable bonds is 4. The van der Waals surface area contributed by atoms with Crippen LogP contribution in [0, 0.1) is 0 Å². The molecule has 0 spiro atoms. The second-order valence-electron chi connectivity index (χ2n) is 5.60. The van der Waals surface area contributed by atoms with Gasteiger partial charge in [-0.3, -0.25) is 4.79 Å². The molecule has 1 aliphatic rings. The van der Waals surface area contributed by atoms with E-state index in [0.29, 0.717) is 25.4 Å². The molecular formula is C16H16F3N3O2S. The summed E-state index contributed by atoms with van der Waals surface area (Å²) in [7, 11) is 1.58. The van der Waals surface area contributed by atoms with E-state index in [-0.39, 0.29) is 17.6 Å². The first-order valence-electron chi connectivity index (χ1n) is 7.55. The van der Waals surface area contributed by atoms with Crippen molar-refractivity contribution in [3.8, 4) is 5.75 Å². The Kier molecular flexibility index (Phi) is 4.85. The number of thiazole rings is 1. The molecule has 0 radical (unpaired) electrons. The van der Waals surface area contributed by atoms with Crippen molar-refractivity contribution in [2.24, 2.45) is 0 Å². The summed E-state index contributed by atoms with van der Waals surface area (Å²) < 4.78 is 43.1. The Morgan fingerprint density at radius 3 is 2.76 bits per heavy atom. The Bertz CT molecular complexity index is 763. The molecule has 1 saturated heterocycles. The fourth-order valence-electron chi connectivity index (χ4n) is 2.57. The predicted molar refractivity (Wildman–Crippen MR) is 87.7 cm³/mol. The number of piperazine rings is 1. The predicted octanol–water partition coefficient (Wildman–Crippen LogP) is 3.02. The fourth-order valence-corrected chi connectivity index (χ4v) is 3.43. The maximum Gasteiger partial charge on any atom is 0.434 e. The van der Waals surface area contributed by atoms with E-state index in [9.17, 15) is 18.0 Å². The van der Waals surface area contributed by atoms with Crippen molar-refractivity contribution in [1.29, 1.82) is 0 Å². The van der Waals surface area contributed by atoms with Crippen LogP contribution in [0.5, 0.6) is 5.75 Å². The van der Waals surface area contributed by atoms with E-state index >= 15 is 0 Å². The van der Waals surface area contributed by atoms with Gasteiger partial charge in [0.2, 0.25) is 5.91 Å². The average molecular weight is 371 g/mol. The summed E-state index contributed by atoms with van der Waals surface area (Å²) in [6, 6.07) is 7.43. The van der Waals surface area contributed by atoms with Gasteiger partial charge in [-0.25, -0.2) is 4.98 Å². The van der Waals surface area contributed by atoms with E-state index in [0.717, 1.165) is 22.3 Å². The van der Waals surface area contributed by atoms with Crippen LogP contribution in [0.15, 0.2) is 29.6 Å². The van der Waals surface area contributed by atoms with Crippen LogP contribution in [0.4, 0.5) is 18.3 Å². The molecule has 0 N–H and O–H groups in total. The van der Waals surface area contributed by atoms with Crippen molar-refractivity contribution >= 4 is 22.4 Å². The second kappa shape index (κ2) is 6.91. The van der Waals surface area contributed by atoms with Crippen molar-refractivity contribution in [3.05, 3.63) is 40.9 Å². The Labute approximate surface area is 146 Å². The van der Waals surface area contributed by atoms with Crippen LogP contribution in [-0.4, -0.2) is 42.5 Å². The zero-order valence-corrected chi connectivity index (χ0v) is 14.2. The molecule has 1 aromatic heterocycles. The number of anilines is 1. The minimum Gasteiger partial charge on any atom is -0.497 e. The Morgan fingerprint density at radius 2 is 2.12 bits per heavy atom. The van der Waals surface area contributed by atoms with Crippen LogP contribution in [-0.2, 0) is 17.5 Å². The number of benzene rings is 1. The first kappa shape index (κ1) is 17.5. The molecule has 0 aliphatic carbocycles. The van der Waals surface area contributed by atoms with Gasteiger partial charge in [-0.1, -0.05) is 12.1 Å². The minimum absolute atomic E-state index is 0.0226. The van der Waals surface area contributed by atoms with Crippen molar-refractivity contribution in [1.82, 2.24) is 9.88 Å². The van der Waals surface area contributed by atoms with Crippen molar-refractivity contribution in [3.63, 3.8) is 0 Å². The molecule has 0 bridgehead atoms. The van der Waals surface area contributed by atoms with Gasteiger partial charge >= 0.3 is 6.18 Å². The van der Waals surface area contributed by atoms with E-state index in [4.69, 9.17) is 4.74 Å². The Morgan fingerprint density at radius 1 is 1.32 bits per heavy atom. The number of alkyl halides is 3. The SMILES string of the molecule is COc1cccc(CN2CCN(c3nc(C(F)(F)F)cs3)CC2=O)c1. The number of ether oxygens (including phenoxy) is 1. The van der Waals surface area contributed by atoms with Gasteiger partial charge in [0.1, 0.15) is 5.75 Å². The number of nitrogens with zero attached hydrogens (tertiary/aromatic N) is 3. The molecule has 0 saturated carbocycles. The summed E-state index contributed by atoms with van der Waals surface area (Å²) in [5.41, 5.74) is 0.0218. The highest BCUT2D eigenvalue weighted by atomic mass is 32.1. The first-order chi connectivity index (χ1) is 11.9. The van der Waals surface area contributed by atoms with Crippen molar-refractivity contribution in [2.75, 3.05) is 31.6 Å². The molecule has 2 aromatic rings. The van der Waals surface area contributed by atoms with Crippen LogP contribution in [0.2, 0.25) is 0 Å². The zero-order chi connectivity index (χ0) is 18.0. The summed E-state index contributed by atoms with van der Waals surface area (Å²) in [6.07, 6.45) is -4.47. The third-order valence-electron chi connectivity index (χ3n) is 3.88. The maximum atomic E-state index is 12.7. The van der Waals surface area contributed by atoms with Gasteiger partial charge in [-0.2, -0.15) is 13.2 Å². The summed E-state index contributed by atoms with van der Waals surface area (Å²) in [6.45, 7) is 1.34. The van der Waals surface area contributed by atoms with E-state index in [1.54, 1.807) is 16.9 Å². The largest absolute Gasteiger partial charge is 0.497 e. The number of carbonyl (C=O) groups excluding carboxylic acids is 1. The standard InChI is InChI=1S/C16H16F3N3O2S/c1-24-12-4-2-3-11(7-12)8-21-5-6-22(9-14(21)23)15-20-13(10-25-15)16(17,18)19/h2-4,7,10H,5-6,8-9H2,1H3. The van der Waals surface area contributed by atoms with Crippen molar-refractivity contribution < 1.29 is 22.7 Å². The molecule has 1 amide bonds. The number of amides is 1. The van der Waals surface area contributed by atoms with E-state index in [1.165, 1.54) is 0 Å². The fraction of sp³-hybridized carbons (Fsp3) is 0.375. The number of hydrogen-bond acceptors (Lipinski definition) is 5. The van der Waals surface area contributed by atoms with Crippen LogP contribution in [0.1, 0.15) is 11.3 Å². The summed E-state index contributed by atoms with van der Waals surface area (Å²) in [5, 5.41) is 1.20. The van der Waals surface area contributed by atoms with Crippen LogP contribution >= 0.6 is 11.3 Å². The molecular weight excluding hydrogens is 355 g/mol. The average Bonchev–Trinajstić information content (AvgIpc) is 3.07. The van der Waals surface area contributed by atoms with Gasteiger partial charge in [0.25, 0.3) is 0 Å². The van der Waals surface area contributed by atoms with E-state index in [1.807, 2.05) is 24.3 Å². The third kappa shape index (κ3) is 4.04. The smallest absolute Gasteiger partial charge is 0.434 e. The van der Waals surface area contributed by atoms with Gasteiger partial charge in [-0.15, -0.1) is 11.3 Å². The highest BCUT2D eigenvalue weighted by Gasteiger charge is 2.35. The van der Waals surface area contributed by atoms with Crippen molar-refractivity contribution in [2.45, 2.75) is 12.7 Å².